The Morgan fingerprint density at radius 2 is 1.77 bits per heavy atom. The van der Waals surface area contributed by atoms with E-state index in [4.69, 9.17) is 4.74 Å². The van der Waals surface area contributed by atoms with Crippen molar-refractivity contribution in [2.45, 2.75) is 39.7 Å². The van der Waals surface area contributed by atoms with Crippen LogP contribution >= 0.6 is 24.0 Å². The molecule has 1 amide bonds. The van der Waals surface area contributed by atoms with Crippen molar-refractivity contribution < 1.29 is 9.53 Å². The molecular weight excluding hydrogens is 491 g/mol. The van der Waals surface area contributed by atoms with E-state index in [2.05, 4.69) is 39.1 Å². The number of aryl methyl sites for hydroxylation is 1. The normalized spacial score (nSPS) is 10.7. The summed E-state index contributed by atoms with van der Waals surface area (Å²) in [7, 11) is 3.46. The number of halogens is 1. The lowest BCUT2D eigenvalue weighted by molar-refractivity contribution is -0.116. The fourth-order valence-electron chi connectivity index (χ4n) is 2.91. The van der Waals surface area contributed by atoms with Crippen LogP contribution in [0.2, 0.25) is 0 Å². The van der Waals surface area contributed by atoms with Crippen LogP contribution in [0.15, 0.2) is 47.5 Å². The maximum Gasteiger partial charge on any atom is 0.224 e. The molecular formula is C23H33IN4O2. The number of rotatable bonds is 9. The predicted molar refractivity (Wildman–Crippen MR) is 135 cm³/mol. The summed E-state index contributed by atoms with van der Waals surface area (Å²) in [6, 6.07) is 14.1. The third-order valence-corrected chi connectivity index (χ3v) is 4.58. The van der Waals surface area contributed by atoms with E-state index in [9.17, 15) is 4.79 Å². The van der Waals surface area contributed by atoms with Gasteiger partial charge < -0.3 is 20.7 Å². The Balaban J connectivity index is 0.00000450. The molecule has 0 unspecified atom stereocenters. The van der Waals surface area contributed by atoms with Crippen LogP contribution in [0, 0.1) is 6.92 Å². The zero-order valence-corrected chi connectivity index (χ0v) is 20.6. The highest BCUT2D eigenvalue weighted by atomic mass is 127. The van der Waals surface area contributed by atoms with Gasteiger partial charge in [0.2, 0.25) is 5.91 Å². The smallest absolute Gasteiger partial charge is 0.224 e. The number of hydrogen-bond acceptors (Lipinski definition) is 3. The van der Waals surface area contributed by atoms with Crippen LogP contribution < -0.4 is 20.7 Å². The minimum atomic E-state index is 0. The van der Waals surface area contributed by atoms with E-state index in [0.29, 0.717) is 13.0 Å². The first-order valence-corrected chi connectivity index (χ1v) is 10.0. The Kier molecular flexibility index (Phi) is 11.9. The number of anilines is 1. The Hall–Kier alpha value is -2.29. The van der Waals surface area contributed by atoms with Crippen molar-refractivity contribution in [3.05, 3.63) is 59.2 Å². The zero-order valence-electron chi connectivity index (χ0n) is 18.2. The van der Waals surface area contributed by atoms with Crippen LogP contribution in [0.25, 0.3) is 0 Å². The molecule has 2 aromatic carbocycles. The average molecular weight is 524 g/mol. The number of carbonyl (C=O) groups excluding carboxylic acids is 1. The minimum Gasteiger partial charge on any atom is -0.496 e. The van der Waals surface area contributed by atoms with Gasteiger partial charge in [-0.3, -0.25) is 9.79 Å². The SMILES string of the molecule is CCCC(=O)Nc1ccc(CNC(=NC)NCCc2ccc(C)c(OC)c2)cc1.I. The molecule has 0 heterocycles. The molecule has 0 bridgehead atoms. The van der Waals surface area contributed by atoms with E-state index in [1.807, 2.05) is 38.1 Å². The van der Waals surface area contributed by atoms with Gasteiger partial charge in [0.1, 0.15) is 5.75 Å². The van der Waals surface area contributed by atoms with Gasteiger partial charge in [-0.25, -0.2) is 0 Å². The van der Waals surface area contributed by atoms with Crippen LogP contribution in [0.3, 0.4) is 0 Å². The fourth-order valence-corrected chi connectivity index (χ4v) is 2.91. The third-order valence-electron chi connectivity index (χ3n) is 4.58. The first-order chi connectivity index (χ1) is 14.0. The summed E-state index contributed by atoms with van der Waals surface area (Å²) in [5, 5.41) is 9.54. The van der Waals surface area contributed by atoms with E-state index in [1.54, 1.807) is 14.2 Å². The fraction of sp³-hybridized carbons (Fsp3) is 0.391. The Morgan fingerprint density at radius 1 is 1.07 bits per heavy atom. The molecule has 0 atom stereocenters. The monoisotopic (exact) mass is 524 g/mol. The molecule has 0 saturated heterocycles. The number of nitrogens with one attached hydrogen (secondary N) is 3. The minimum absolute atomic E-state index is 0. The van der Waals surface area contributed by atoms with Crippen molar-refractivity contribution in [2.24, 2.45) is 4.99 Å². The first-order valence-electron chi connectivity index (χ1n) is 10.0. The van der Waals surface area contributed by atoms with Gasteiger partial charge in [0.15, 0.2) is 5.96 Å². The molecule has 164 valence electrons. The second-order valence-corrected chi connectivity index (χ2v) is 6.90. The number of guanidine groups is 1. The highest BCUT2D eigenvalue weighted by Gasteiger charge is 2.03. The van der Waals surface area contributed by atoms with E-state index in [1.165, 1.54) is 5.56 Å². The topological polar surface area (TPSA) is 74.8 Å². The molecule has 2 rings (SSSR count). The largest absolute Gasteiger partial charge is 0.496 e. The summed E-state index contributed by atoms with van der Waals surface area (Å²) < 4.78 is 5.38. The molecule has 3 N–H and O–H groups in total. The van der Waals surface area contributed by atoms with Gasteiger partial charge in [0.05, 0.1) is 7.11 Å². The maximum atomic E-state index is 11.7. The summed E-state index contributed by atoms with van der Waals surface area (Å²) >= 11 is 0. The molecule has 0 aliphatic heterocycles. The summed E-state index contributed by atoms with van der Waals surface area (Å²) in [6.45, 7) is 5.46. The molecule has 6 nitrogen and oxygen atoms in total. The second kappa shape index (κ2) is 13.8. The van der Waals surface area contributed by atoms with Crippen molar-refractivity contribution in [3.63, 3.8) is 0 Å². The summed E-state index contributed by atoms with van der Waals surface area (Å²) in [5.41, 5.74) is 4.29. The van der Waals surface area contributed by atoms with E-state index < -0.39 is 0 Å². The lowest BCUT2D eigenvalue weighted by Crippen LogP contribution is -2.37. The quantitative estimate of drug-likeness (QED) is 0.260. The summed E-state index contributed by atoms with van der Waals surface area (Å²) in [6.07, 6.45) is 2.27. The number of ether oxygens (including phenoxy) is 1. The van der Waals surface area contributed by atoms with Crippen molar-refractivity contribution in [3.8, 4) is 5.75 Å². The van der Waals surface area contributed by atoms with Crippen molar-refractivity contribution in [1.82, 2.24) is 10.6 Å². The lowest BCUT2D eigenvalue weighted by Gasteiger charge is -2.13. The highest BCUT2D eigenvalue weighted by Crippen LogP contribution is 2.19. The van der Waals surface area contributed by atoms with E-state index in [-0.39, 0.29) is 29.9 Å². The molecule has 0 aliphatic carbocycles. The molecule has 0 fully saturated rings. The molecule has 0 spiro atoms. The number of nitrogens with zero attached hydrogens (tertiary/aromatic N) is 1. The summed E-state index contributed by atoms with van der Waals surface area (Å²) in [4.78, 5) is 15.9. The van der Waals surface area contributed by atoms with Gasteiger partial charge in [0.25, 0.3) is 0 Å². The van der Waals surface area contributed by atoms with Crippen LogP contribution in [0.1, 0.15) is 36.5 Å². The molecule has 0 radical (unpaired) electrons. The van der Waals surface area contributed by atoms with Crippen LogP contribution in [-0.4, -0.2) is 32.6 Å². The molecule has 0 aromatic heterocycles. The molecule has 30 heavy (non-hydrogen) atoms. The van der Waals surface area contributed by atoms with Crippen molar-refractivity contribution >= 4 is 41.5 Å². The van der Waals surface area contributed by atoms with Gasteiger partial charge >= 0.3 is 0 Å². The number of benzene rings is 2. The van der Waals surface area contributed by atoms with Gasteiger partial charge in [0, 0.05) is 32.2 Å². The van der Waals surface area contributed by atoms with Crippen molar-refractivity contribution in [1.29, 1.82) is 0 Å². The number of amides is 1. The number of hydrogen-bond donors (Lipinski definition) is 3. The van der Waals surface area contributed by atoms with Gasteiger partial charge in [-0.1, -0.05) is 31.2 Å². The van der Waals surface area contributed by atoms with Crippen LogP contribution in [0.5, 0.6) is 5.75 Å². The van der Waals surface area contributed by atoms with Gasteiger partial charge in [-0.15, -0.1) is 24.0 Å². The number of methoxy groups -OCH3 is 1. The third kappa shape index (κ3) is 8.61. The summed E-state index contributed by atoms with van der Waals surface area (Å²) in [5.74, 6) is 1.72. The Bertz CT molecular complexity index is 822. The van der Waals surface area contributed by atoms with Gasteiger partial charge in [-0.2, -0.15) is 0 Å². The predicted octanol–water partition coefficient (Wildman–Crippen LogP) is 4.27. The second-order valence-electron chi connectivity index (χ2n) is 6.90. The number of aliphatic imine (C=N–C) groups is 1. The average Bonchev–Trinajstić information content (AvgIpc) is 2.73. The zero-order chi connectivity index (χ0) is 21.1. The standard InChI is InChI=1S/C23H32N4O2.HI/c1-5-6-22(28)27-20-11-9-19(10-12-20)16-26-23(24-3)25-14-13-18-8-7-17(2)21(15-18)29-4;/h7-12,15H,5-6,13-14,16H2,1-4H3,(H,27,28)(H2,24,25,26);1H. The van der Waals surface area contributed by atoms with Crippen LogP contribution in [-0.2, 0) is 17.8 Å². The maximum absolute atomic E-state index is 11.7. The molecule has 2 aromatic rings. The Labute approximate surface area is 196 Å². The molecule has 0 saturated carbocycles. The molecule has 7 heteroatoms. The van der Waals surface area contributed by atoms with E-state index >= 15 is 0 Å². The molecule has 0 aliphatic rings. The number of carbonyl (C=O) groups is 1. The van der Waals surface area contributed by atoms with E-state index in [0.717, 1.165) is 47.9 Å². The van der Waals surface area contributed by atoms with Crippen LogP contribution in [0.4, 0.5) is 5.69 Å². The van der Waals surface area contributed by atoms with Gasteiger partial charge in [-0.05, 0) is 54.7 Å². The first kappa shape index (κ1) is 25.7. The van der Waals surface area contributed by atoms with Crippen molar-refractivity contribution in [2.75, 3.05) is 26.0 Å². The highest BCUT2D eigenvalue weighted by molar-refractivity contribution is 14.0. The lowest BCUT2D eigenvalue weighted by atomic mass is 10.1. The Morgan fingerprint density at radius 3 is 2.40 bits per heavy atom.